The van der Waals surface area contributed by atoms with Crippen molar-refractivity contribution < 1.29 is 9.90 Å². The molecule has 0 atom stereocenters. The maximum absolute atomic E-state index is 12.4. The van der Waals surface area contributed by atoms with Crippen LogP contribution in [0.25, 0.3) is 0 Å². The molecule has 20 heavy (non-hydrogen) atoms. The molecule has 2 heterocycles. The predicted molar refractivity (Wildman–Crippen MR) is 76.0 cm³/mol. The number of aromatic nitrogens is 2. The van der Waals surface area contributed by atoms with Crippen LogP contribution in [0.2, 0.25) is 0 Å². The van der Waals surface area contributed by atoms with E-state index in [0.717, 1.165) is 25.9 Å². The van der Waals surface area contributed by atoms with E-state index < -0.39 is 0 Å². The second-order valence-electron chi connectivity index (χ2n) is 5.28. The van der Waals surface area contributed by atoms with E-state index in [4.69, 9.17) is 5.73 Å². The summed E-state index contributed by atoms with van der Waals surface area (Å²) in [5.74, 6) is 0.391. The Balaban J connectivity index is 1.98. The Morgan fingerprint density at radius 3 is 2.80 bits per heavy atom. The topological polar surface area (TPSA) is 87.6 Å². The van der Waals surface area contributed by atoms with Gasteiger partial charge in [-0.2, -0.15) is 5.10 Å². The first-order valence-corrected chi connectivity index (χ1v) is 6.98. The molecule has 0 radical (unpaired) electrons. The van der Waals surface area contributed by atoms with Crippen molar-refractivity contribution in [3.05, 3.63) is 12.3 Å². The van der Waals surface area contributed by atoms with Crippen molar-refractivity contribution in [3.8, 4) is 0 Å². The average molecular weight is 281 g/mol. The number of nitrogens with zero attached hydrogens (tertiary/aromatic N) is 4. The molecule has 0 spiro atoms. The van der Waals surface area contributed by atoms with Crippen LogP contribution in [0.4, 0.5) is 5.82 Å². The number of aliphatic hydroxyl groups excluding tert-OH is 1. The first kappa shape index (κ1) is 14.8. The number of carbonyl (C=O) groups is 1. The summed E-state index contributed by atoms with van der Waals surface area (Å²) in [7, 11) is 2.08. The molecule has 0 unspecified atom stereocenters. The zero-order valence-electron chi connectivity index (χ0n) is 11.9. The summed E-state index contributed by atoms with van der Waals surface area (Å²) < 4.78 is 1.54. The Hall–Kier alpha value is -1.60. The van der Waals surface area contributed by atoms with Gasteiger partial charge in [0.05, 0.1) is 6.61 Å². The second-order valence-corrected chi connectivity index (χ2v) is 5.28. The number of hydrogen-bond acceptors (Lipinski definition) is 5. The third-order valence-electron chi connectivity index (χ3n) is 3.75. The Morgan fingerprint density at radius 2 is 2.25 bits per heavy atom. The number of anilines is 1. The van der Waals surface area contributed by atoms with E-state index in [2.05, 4.69) is 17.0 Å². The fourth-order valence-electron chi connectivity index (χ4n) is 2.62. The van der Waals surface area contributed by atoms with Crippen LogP contribution in [-0.4, -0.2) is 69.9 Å². The summed E-state index contributed by atoms with van der Waals surface area (Å²) in [6.07, 6.45) is 3.59. The highest BCUT2D eigenvalue weighted by Gasteiger charge is 2.26. The molecular formula is C13H23N5O2. The van der Waals surface area contributed by atoms with E-state index >= 15 is 0 Å². The molecule has 0 saturated carbocycles. The summed E-state index contributed by atoms with van der Waals surface area (Å²) >= 11 is 0. The number of amides is 1. The fraction of sp³-hybridized carbons (Fsp3) is 0.692. The van der Waals surface area contributed by atoms with Crippen molar-refractivity contribution in [2.75, 3.05) is 39.0 Å². The molecule has 112 valence electrons. The summed E-state index contributed by atoms with van der Waals surface area (Å²) in [6.45, 7) is 2.50. The molecule has 1 aliphatic rings. The summed E-state index contributed by atoms with van der Waals surface area (Å²) in [5, 5.41) is 13.2. The zero-order chi connectivity index (χ0) is 14.5. The van der Waals surface area contributed by atoms with Gasteiger partial charge in [-0.25, -0.2) is 0 Å². The van der Waals surface area contributed by atoms with Gasteiger partial charge in [-0.15, -0.1) is 0 Å². The van der Waals surface area contributed by atoms with Crippen LogP contribution in [0.1, 0.15) is 12.8 Å². The van der Waals surface area contributed by atoms with E-state index in [9.17, 15) is 9.90 Å². The van der Waals surface area contributed by atoms with E-state index in [1.165, 1.54) is 4.68 Å². The van der Waals surface area contributed by atoms with Gasteiger partial charge in [-0.3, -0.25) is 9.48 Å². The molecule has 1 amide bonds. The molecule has 7 nitrogen and oxygen atoms in total. The minimum Gasteiger partial charge on any atom is -0.395 e. The first-order chi connectivity index (χ1) is 9.60. The standard InChI is InChI=1S/C13H23N5O2/c1-16-5-2-11(3-6-16)18(8-9-19)13(20)10-17-7-4-12(14)15-17/h4,7,11,19H,2-3,5-6,8-10H2,1H3,(H2,14,15). The largest absolute Gasteiger partial charge is 0.395 e. The average Bonchev–Trinajstić information content (AvgIpc) is 2.82. The monoisotopic (exact) mass is 281 g/mol. The zero-order valence-corrected chi connectivity index (χ0v) is 11.9. The molecular weight excluding hydrogens is 258 g/mol. The van der Waals surface area contributed by atoms with Gasteiger partial charge in [0.1, 0.15) is 12.4 Å². The summed E-state index contributed by atoms with van der Waals surface area (Å²) in [5.41, 5.74) is 5.54. The molecule has 2 rings (SSSR count). The van der Waals surface area contributed by atoms with Gasteiger partial charge in [0.2, 0.25) is 5.91 Å². The number of rotatable bonds is 5. The van der Waals surface area contributed by atoms with E-state index in [0.29, 0.717) is 12.4 Å². The van der Waals surface area contributed by atoms with E-state index in [-0.39, 0.29) is 25.1 Å². The molecule has 1 fully saturated rings. The van der Waals surface area contributed by atoms with Gasteiger partial charge in [-0.05, 0) is 39.0 Å². The molecule has 3 N–H and O–H groups in total. The lowest BCUT2D eigenvalue weighted by molar-refractivity contribution is -0.136. The second kappa shape index (κ2) is 6.71. The van der Waals surface area contributed by atoms with Gasteiger partial charge in [0, 0.05) is 18.8 Å². The molecule has 0 bridgehead atoms. The lowest BCUT2D eigenvalue weighted by Crippen LogP contribution is -2.48. The van der Waals surface area contributed by atoms with Gasteiger partial charge in [-0.1, -0.05) is 0 Å². The normalized spacial score (nSPS) is 17.3. The van der Waals surface area contributed by atoms with Crippen LogP contribution in [-0.2, 0) is 11.3 Å². The molecule has 1 saturated heterocycles. The predicted octanol–water partition coefficient (Wildman–Crippen LogP) is -0.620. The van der Waals surface area contributed by atoms with Crippen LogP contribution in [0.5, 0.6) is 0 Å². The van der Waals surface area contributed by atoms with E-state index in [1.807, 2.05) is 0 Å². The number of likely N-dealkylation sites (tertiary alicyclic amines) is 1. The summed E-state index contributed by atoms with van der Waals surface area (Å²) in [4.78, 5) is 16.4. The number of hydrogen-bond donors (Lipinski definition) is 2. The number of nitrogens with two attached hydrogens (primary N) is 1. The molecule has 1 aliphatic heterocycles. The van der Waals surface area contributed by atoms with E-state index in [1.54, 1.807) is 17.2 Å². The SMILES string of the molecule is CN1CCC(N(CCO)C(=O)Cn2ccc(N)n2)CC1. The van der Waals surface area contributed by atoms with Crippen LogP contribution in [0.3, 0.4) is 0 Å². The minimum atomic E-state index is -0.0169. The number of carbonyl (C=O) groups excluding carboxylic acids is 1. The van der Waals surface area contributed by atoms with Crippen LogP contribution >= 0.6 is 0 Å². The Kier molecular flexibility index (Phi) is 4.97. The highest BCUT2D eigenvalue weighted by molar-refractivity contribution is 5.76. The van der Waals surface area contributed by atoms with Crippen LogP contribution in [0, 0.1) is 0 Å². The molecule has 0 aromatic carbocycles. The van der Waals surface area contributed by atoms with Crippen molar-refractivity contribution in [1.82, 2.24) is 19.6 Å². The van der Waals surface area contributed by atoms with Crippen molar-refractivity contribution in [1.29, 1.82) is 0 Å². The fourth-order valence-corrected chi connectivity index (χ4v) is 2.62. The molecule has 1 aromatic heterocycles. The number of aliphatic hydroxyl groups is 1. The minimum absolute atomic E-state index is 0.0146. The molecule has 1 aromatic rings. The third kappa shape index (κ3) is 3.71. The van der Waals surface area contributed by atoms with Crippen molar-refractivity contribution in [2.24, 2.45) is 0 Å². The Bertz CT molecular complexity index is 440. The Labute approximate surface area is 118 Å². The molecule has 0 aliphatic carbocycles. The maximum atomic E-state index is 12.4. The van der Waals surface area contributed by atoms with Crippen molar-refractivity contribution >= 4 is 11.7 Å². The van der Waals surface area contributed by atoms with Gasteiger partial charge in [0.15, 0.2) is 0 Å². The van der Waals surface area contributed by atoms with Crippen molar-refractivity contribution in [3.63, 3.8) is 0 Å². The van der Waals surface area contributed by atoms with Gasteiger partial charge < -0.3 is 20.6 Å². The van der Waals surface area contributed by atoms with Crippen LogP contribution < -0.4 is 5.73 Å². The van der Waals surface area contributed by atoms with Gasteiger partial charge in [0.25, 0.3) is 0 Å². The van der Waals surface area contributed by atoms with Gasteiger partial charge >= 0.3 is 0 Å². The smallest absolute Gasteiger partial charge is 0.244 e. The third-order valence-corrected chi connectivity index (χ3v) is 3.75. The lowest BCUT2D eigenvalue weighted by atomic mass is 10.0. The van der Waals surface area contributed by atoms with Crippen LogP contribution in [0.15, 0.2) is 12.3 Å². The Morgan fingerprint density at radius 1 is 1.55 bits per heavy atom. The highest BCUT2D eigenvalue weighted by Crippen LogP contribution is 2.16. The number of piperidine rings is 1. The lowest BCUT2D eigenvalue weighted by Gasteiger charge is -2.37. The quantitative estimate of drug-likeness (QED) is 0.751. The number of nitrogen functional groups attached to an aromatic ring is 1. The van der Waals surface area contributed by atoms with Crippen molar-refractivity contribution in [2.45, 2.75) is 25.4 Å². The summed E-state index contributed by atoms with van der Waals surface area (Å²) in [6, 6.07) is 1.87. The molecule has 7 heteroatoms. The maximum Gasteiger partial charge on any atom is 0.244 e. The highest BCUT2D eigenvalue weighted by atomic mass is 16.3. The first-order valence-electron chi connectivity index (χ1n) is 6.98.